The first-order chi connectivity index (χ1) is 11.7. The van der Waals surface area contributed by atoms with Crippen LogP contribution in [0.3, 0.4) is 0 Å². The van der Waals surface area contributed by atoms with Crippen LogP contribution in [0.5, 0.6) is 11.5 Å². The summed E-state index contributed by atoms with van der Waals surface area (Å²) in [5.74, 6) is 1.55. The van der Waals surface area contributed by atoms with E-state index in [4.69, 9.17) is 14.5 Å². The van der Waals surface area contributed by atoms with Crippen LogP contribution in [-0.4, -0.2) is 30.7 Å². The lowest BCUT2D eigenvalue weighted by Crippen LogP contribution is -1.96. The van der Waals surface area contributed by atoms with Gasteiger partial charge in [0, 0.05) is 29.4 Å². The summed E-state index contributed by atoms with van der Waals surface area (Å²) in [4.78, 5) is 9.25. The first kappa shape index (κ1) is 18.0. The SMILES string of the molecule is CC.CCNc1nc(-c2cc(OC)c3ccc(OC)cc3n2)cs1. The van der Waals surface area contributed by atoms with Crippen LogP contribution >= 0.6 is 11.3 Å². The van der Waals surface area contributed by atoms with E-state index in [-0.39, 0.29) is 0 Å². The standard InChI is InChI=1S/C16H17N3O2S.C2H6/c1-4-17-16-19-14(9-22-16)13-8-15(21-3)11-6-5-10(20-2)7-12(11)18-13;1-2/h5-9H,4H2,1-3H3,(H,17,19);1-2H3. The lowest BCUT2D eigenvalue weighted by Gasteiger charge is -2.08. The maximum absolute atomic E-state index is 5.50. The van der Waals surface area contributed by atoms with Gasteiger partial charge in [0.1, 0.15) is 17.2 Å². The van der Waals surface area contributed by atoms with Crippen LogP contribution in [0.2, 0.25) is 0 Å². The second-order valence-electron chi connectivity index (χ2n) is 4.66. The van der Waals surface area contributed by atoms with Crippen LogP contribution in [0.1, 0.15) is 20.8 Å². The molecule has 5 nitrogen and oxygen atoms in total. The van der Waals surface area contributed by atoms with Gasteiger partial charge in [-0.2, -0.15) is 0 Å². The lowest BCUT2D eigenvalue weighted by molar-refractivity contribution is 0.414. The Morgan fingerprint density at radius 2 is 1.83 bits per heavy atom. The number of hydrogen-bond donors (Lipinski definition) is 1. The third kappa shape index (κ3) is 3.76. The number of fused-ring (bicyclic) bond motifs is 1. The summed E-state index contributed by atoms with van der Waals surface area (Å²) in [5, 5.41) is 7.05. The first-order valence-corrected chi connectivity index (χ1v) is 8.85. The second kappa shape index (κ2) is 8.49. The molecule has 1 aromatic carbocycles. The molecule has 1 N–H and O–H groups in total. The number of thiazole rings is 1. The quantitative estimate of drug-likeness (QED) is 0.717. The Labute approximate surface area is 146 Å². The minimum atomic E-state index is 0.769. The Morgan fingerprint density at radius 1 is 1.04 bits per heavy atom. The minimum Gasteiger partial charge on any atom is -0.497 e. The van der Waals surface area contributed by atoms with Crippen molar-refractivity contribution in [1.82, 2.24) is 9.97 Å². The van der Waals surface area contributed by atoms with E-state index in [0.717, 1.165) is 45.5 Å². The molecule has 0 aliphatic carbocycles. The van der Waals surface area contributed by atoms with Gasteiger partial charge in [0.2, 0.25) is 0 Å². The van der Waals surface area contributed by atoms with Gasteiger partial charge in [-0.15, -0.1) is 11.3 Å². The summed E-state index contributed by atoms with van der Waals surface area (Å²) in [5.41, 5.74) is 2.45. The molecular weight excluding hydrogens is 322 g/mol. The zero-order valence-corrected chi connectivity index (χ0v) is 15.5. The van der Waals surface area contributed by atoms with E-state index < -0.39 is 0 Å². The molecule has 0 spiro atoms. The summed E-state index contributed by atoms with van der Waals surface area (Å²) >= 11 is 1.57. The molecule has 24 heavy (non-hydrogen) atoms. The fraction of sp³-hybridized carbons (Fsp3) is 0.333. The first-order valence-electron chi connectivity index (χ1n) is 7.97. The highest BCUT2D eigenvalue weighted by molar-refractivity contribution is 7.14. The molecule has 3 rings (SSSR count). The van der Waals surface area contributed by atoms with Gasteiger partial charge >= 0.3 is 0 Å². The Morgan fingerprint density at radius 3 is 2.50 bits per heavy atom. The molecule has 0 amide bonds. The predicted octanol–water partition coefficient (Wildman–Crippen LogP) is 4.83. The van der Waals surface area contributed by atoms with Crippen LogP contribution in [-0.2, 0) is 0 Å². The maximum atomic E-state index is 5.50. The van der Waals surface area contributed by atoms with Gasteiger partial charge < -0.3 is 14.8 Å². The smallest absolute Gasteiger partial charge is 0.183 e. The number of pyridine rings is 1. The largest absolute Gasteiger partial charge is 0.497 e. The van der Waals surface area contributed by atoms with Crippen molar-refractivity contribution in [2.45, 2.75) is 20.8 Å². The van der Waals surface area contributed by atoms with E-state index in [1.54, 1.807) is 25.6 Å². The molecule has 0 unspecified atom stereocenters. The highest BCUT2D eigenvalue weighted by Gasteiger charge is 2.11. The average Bonchev–Trinajstić information content (AvgIpc) is 3.11. The number of methoxy groups -OCH3 is 2. The topological polar surface area (TPSA) is 56.3 Å². The highest BCUT2D eigenvalue weighted by atomic mass is 32.1. The molecule has 0 radical (unpaired) electrons. The van der Waals surface area contributed by atoms with E-state index in [1.165, 1.54) is 0 Å². The zero-order valence-electron chi connectivity index (χ0n) is 14.7. The number of rotatable bonds is 5. The summed E-state index contributed by atoms with van der Waals surface area (Å²) in [7, 11) is 3.30. The molecule has 0 aliphatic heterocycles. The molecule has 0 bridgehead atoms. The van der Waals surface area contributed by atoms with Crippen molar-refractivity contribution < 1.29 is 9.47 Å². The number of ether oxygens (including phenoxy) is 2. The molecule has 2 aromatic heterocycles. The van der Waals surface area contributed by atoms with Crippen LogP contribution in [0, 0.1) is 0 Å². The second-order valence-corrected chi connectivity index (χ2v) is 5.52. The maximum Gasteiger partial charge on any atom is 0.183 e. The van der Waals surface area contributed by atoms with Gasteiger partial charge in [-0.1, -0.05) is 13.8 Å². The average molecular weight is 345 g/mol. The van der Waals surface area contributed by atoms with E-state index in [0.29, 0.717) is 0 Å². The van der Waals surface area contributed by atoms with E-state index >= 15 is 0 Å². The van der Waals surface area contributed by atoms with Crippen molar-refractivity contribution in [1.29, 1.82) is 0 Å². The summed E-state index contributed by atoms with van der Waals surface area (Å²) in [6.07, 6.45) is 0. The van der Waals surface area contributed by atoms with Gasteiger partial charge in [-0.25, -0.2) is 9.97 Å². The molecule has 0 saturated heterocycles. The number of hydrogen-bond acceptors (Lipinski definition) is 6. The predicted molar refractivity (Wildman–Crippen MR) is 101 cm³/mol. The molecule has 6 heteroatoms. The molecule has 0 aliphatic rings. The van der Waals surface area contributed by atoms with Gasteiger partial charge in [0.25, 0.3) is 0 Å². The monoisotopic (exact) mass is 345 g/mol. The van der Waals surface area contributed by atoms with Gasteiger partial charge in [0.15, 0.2) is 5.13 Å². The van der Waals surface area contributed by atoms with Crippen LogP contribution in [0.4, 0.5) is 5.13 Å². The summed E-state index contributed by atoms with van der Waals surface area (Å²) < 4.78 is 10.8. The number of anilines is 1. The molecule has 128 valence electrons. The van der Waals surface area contributed by atoms with Gasteiger partial charge in [0.05, 0.1) is 25.4 Å². The Bertz CT molecular complexity index is 802. The van der Waals surface area contributed by atoms with Crippen LogP contribution in [0.25, 0.3) is 22.3 Å². The van der Waals surface area contributed by atoms with Crippen molar-refractivity contribution in [3.05, 3.63) is 29.6 Å². The fourth-order valence-electron chi connectivity index (χ4n) is 2.23. The number of nitrogens with one attached hydrogen (secondary N) is 1. The molecule has 3 aromatic rings. The van der Waals surface area contributed by atoms with Crippen molar-refractivity contribution in [2.24, 2.45) is 0 Å². The van der Waals surface area contributed by atoms with E-state index in [9.17, 15) is 0 Å². The Hall–Kier alpha value is -2.34. The highest BCUT2D eigenvalue weighted by Crippen LogP contribution is 2.32. The molecule has 0 fully saturated rings. The van der Waals surface area contributed by atoms with Gasteiger partial charge in [-0.3, -0.25) is 0 Å². The third-order valence-corrected chi connectivity index (χ3v) is 4.09. The number of nitrogens with zero attached hydrogens (tertiary/aromatic N) is 2. The Balaban J connectivity index is 0.00000100. The lowest BCUT2D eigenvalue weighted by atomic mass is 10.1. The van der Waals surface area contributed by atoms with Crippen molar-refractivity contribution >= 4 is 27.4 Å². The zero-order chi connectivity index (χ0) is 17.5. The van der Waals surface area contributed by atoms with Crippen molar-refractivity contribution in [3.63, 3.8) is 0 Å². The van der Waals surface area contributed by atoms with Gasteiger partial charge in [-0.05, 0) is 19.1 Å². The van der Waals surface area contributed by atoms with Crippen LogP contribution in [0.15, 0.2) is 29.6 Å². The Kier molecular flexibility index (Phi) is 6.37. The van der Waals surface area contributed by atoms with Crippen LogP contribution < -0.4 is 14.8 Å². The summed E-state index contributed by atoms with van der Waals surface area (Å²) in [6.45, 7) is 6.89. The van der Waals surface area contributed by atoms with Crippen molar-refractivity contribution in [3.8, 4) is 22.9 Å². The molecule has 0 atom stereocenters. The fourth-order valence-corrected chi connectivity index (χ4v) is 3.00. The number of benzene rings is 1. The van der Waals surface area contributed by atoms with E-state index in [2.05, 4.69) is 10.3 Å². The molecule has 0 saturated carbocycles. The number of aromatic nitrogens is 2. The molecule has 2 heterocycles. The minimum absolute atomic E-state index is 0.769. The van der Waals surface area contributed by atoms with E-state index in [1.807, 2.05) is 50.4 Å². The third-order valence-electron chi connectivity index (χ3n) is 3.29. The normalized spacial score (nSPS) is 10.0. The van der Waals surface area contributed by atoms with Crippen molar-refractivity contribution in [2.75, 3.05) is 26.1 Å². The summed E-state index contributed by atoms with van der Waals surface area (Å²) in [6, 6.07) is 7.67. The molecular formula is C18H23N3O2S.